The van der Waals surface area contributed by atoms with Gasteiger partial charge in [-0.15, -0.1) is 0 Å². The Morgan fingerprint density at radius 1 is 1.80 bits per heavy atom. The van der Waals surface area contributed by atoms with Crippen LogP contribution in [-0.2, 0) is 4.12 Å². The zero-order valence-corrected chi connectivity index (χ0v) is 8.65. The summed E-state index contributed by atoms with van der Waals surface area (Å²) in [5.74, 6) is 0. The summed E-state index contributed by atoms with van der Waals surface area (Å²) >= 11 is 0. The average molecular weight is 122 g/mol. The Labute approximate surface area is 40.2 Å². The average Bonchev–Trinajstić information content (AvgIpc) is 1.41. The van der Waals surface area contributed by atoms with Crippen LogP contribution in [0.5, 0.6) is 0 Å². The van der Waals surface area contributed by atoms with Crippen molar-refractivity contribution in [2.24, 2.45) is 0 Å². The van der Waals surface area contributed by atoms with Gasteiger partial charge in [-0.1, -0.05) is 6.55 Å². The fourth-order valence-electron chi connectivity index (χ4n) is 0.204. The Bertz CT molecular complexity index is 14.4. The van der Waals surface area contributed by atoms with Crippen molar-refractivity contribution in [1.29, 1.82) is 0 Å². The van der Waals surface area contributed by atoms with Crippen molar-refractivity contribution in [3.8, 4) is 0 Å². The molecule has 0 atom stereocenters. The molecule has 0 aliphatic rings. The van der Waals surface area contributed by atoms with Gasteiger partial charge in [-0.05, 0) is 0 Å². The first-order chi connectivity index (χ1) is 2.41. The van der Waals surface area contributed by atoms with Crippen molar-refractivity contribution in [3.63, 3.8) is 0 Å². The molecule has 4 heteroatoms. The molecule has 1 nitrogen and oxygen atoms in total. The molecule has 0 aromatic heterocycles. The van der Waals surface area contributed by atoms with Gasteiger partial charge in [0.1, 0.15) is 19.8 Å². The second-order valence-corrected chi connectivity index (χ2v) is 8.94. The van der Waals surface area contributed by atoms with Gasteiger partial charge in [0, 0.05) is 9.04 Å². The van der Waals surface area contributed by atoms with E-state index < -0.39 is 0 Å². The molecule has 0 rings (SSSR count). The van der Waals surface area contributed by atoms with Crippen LogP contribution in [0.25, 0.3) is 0 Å². The van der Waals surface area contributed by atoms with E-state index in [1.54, 1.807) is 0 Å². The van der Waals surface area contributed by atoms with E-state index in [-0.39, 0.29) is 9.28 Å². The maximum atomic E-state index is 5.03. The normalized spacial score (nSPS) is 13.8. The Morgan fingerprint density at radius 2 is 2.40 bits per heavy atom. The standard InChI is InChI=1S/CH10OSi3/c1-4-5-2-3/h4-5H2,1,3H3. The van der Waals surface area contributed by atoms with E-state index >= 15 is 0 Å². The topological polar surface area (TPSA) is 9.23 Å². The van der Waals surface area contributed by atoms with E-state index in [1.165, 1.54) is 0 Å². The van der Waals surface area contributed by atoms with Gasteiger partial charge in [-0.2, -0.15) is 0 Å². The summed E-state index contributed by atoms with van der Waals surface area (Å²) in [5, 5.41) is 0. The van der Waals surface area contributed by atoms with Gasteiger partial charge < -0.3 is 4.12 Å². The Balaban J connectivity index is 2.19. The van der Waals surface area contributed by atoms with Crippen LogP contribution in [0.1, 0.15) is 0 Å². The molecule has 0 spiro atoms. The minimum atomic E-state index is 0.133. The molecule has 0 amide bonds. The first-order valence-corrected chi connectivity index (χ1v) is 8.71. The highest BCUT2D eigenvalue weighted by atomic mass is 29.2. The van der Waals surface area contributed by atoms with Crippen molar-refractivity contribution < 1.29 is 4.12 Å². The Morgan fingerprint density at radius 3 is 2.40 bits per heavy atom. The van der Waals surface area contributed by atoms with Crippen LogP contribution in [0.2, 0.25) is 6.55 Å². The van der Waals surface area contributed by atoms with E-state index in [1.807, 2.05) is 0 Å². The SMILES string of the molecule is C[SiH2][SiH2]O[SiH3]. The highest BCUT2D eigenvalue weighted by Gasteiger charge is 1.70. The molecule has 0 heterocycles. The van der Waals surface area contributed by atoms with Crippen molar-refractivity contribution >= 4 is 28.8 Å². The summed E-state index contributed by atoms with van der Waals surface area (Å²) in [4.78, 5) is 0. The highest BCUT2D eigenvalue weighted by molar-refractivity contribution is 6.97. The van der Waals surface area contributed by atoms with Gasteiger partial charge in [-0.25, -0.2) is 0 Å². The molecule has 0 aliphatic heterocycles. The molecule has 0 fully saturated rings. The van der Waals surface area contributed by atoms with Crippen LogP contribution in [0.3, 0.4) is 0 Å². The predicted octanol–water partition coefficient (Wildman–Crippen LogP) is -2.50. The van der Waals surface area contributed by atoms with Crippen LogP contribution < -0.4 is 0 Å². The zero-order valence-electron chi connectivity index (χ0n) is 3.82. The lowest BCUT2D eigenvalue weighted by Crippen LogP contribution is -2.00. The Hall–Kier alpha value is 0.611. The third-order valence-corrected chi connectivity index (χ3v) is 7.35. The molecular formula is CH10OSi3. The van der Waals surface area contributed by atoms with Crippen LogP contribution in [0.4, 0.5) is 0 Å². The highest BCUT2D eigenvalue weighted by Crippen LogP contribution is 1.50. The van der Waals surface area contributed by atoms with Crippen molar-refractivity contribution in [3.05, 3.63) is 0 Å². The molecule has 0 saturated carbocycles. The number of hydrogen-bond donors (Lipinski definition) is 0. The Kier molecular flexibility index (Phi) is 5.17. The maximum absolute atomic E-state index is 5.03. The first kappa shape index (κ1) is 5.61. The summed E-state index contributed by atoms with van der Waals surface area (Å²) in [6.45, 7) is 2.31. The van der Waals surface area contributed by atoms with Crippen LogP contribution in [-0.4, -0.2) is 28.8 Å². The largest absolute Gasteiger partial charge is 0.471 e. The summed E-state index contributed by atoms with van der Waals surface area (Å²) in [5.41, 5.74) is 0. The van der Waals surface area contributed by atoms with Crippen molar-refractivity contribution in [2.75, 3.05) is 0 Å². The summed E-state index contributed by atoms with van der Waals surface area (Å²) < 4.78 is 5.03. The minimum Gasteiger partial charge on any atom is -0.471 e. The van der Waals surface area contributed by atoms with Crippen LogP contribution >= 0.6 is 0 Å². The van der Waals surface area contributed by atoms with Gasteiger partial charge in [-0.3, -0.25) is 0 Å². The van der Waals surface area contributed by atoms with E-state index in [0.29, 0.717) is 9.04 Å². The molecule has 0 N–H and O–H groups in total. The van der Waals surface area contributed by atoms with Gasteiger partial charge in [0.2, 0.25) is 0 Å². The van der Waals surface area contributed by atoms with E-state index in [0.717, 1.165) is 10.5 Å². The zero-order chi connectivity index (χ0) is 4.12. The molecule has 0 unspecified atom stereocenters. The smallest absolute Gasteiger partial charge is 0.129 e. The second-order valence-electron chi connectivity index (χ2n) is 0.993. The molecule has 0 radical (unpaired) electrons. The summed E-state index contributed by atoms with van der Waals surface area (Å²) in [6.07, 6.45) is 0. The van der Waals surface area contributed by atoms with Crippen molar-refractivity contribution in [2.45, 2.75) is 6.55 Å². The maximum Gasteiger partial charge on any atom is 0.129 e. The second kappa shape index (κ2) is 4.61. The minimum absolute atomic E-state index is 0.133. The lowest BCUT2D eigenvalue weighted by Gasteiger charge is -1.83. The monoisotopic (exact) mass is 122 g/mol. The third kappa shape index (κ3) is 4.61. The fraction of sp³-hybridized carbons (Fsp3) is 1.00. The third-order valence-electron chi connectivity index (χ3n) is 0.408. The number of hydrogen-bond acceptors (Lipinski definition) is 1. The van der Waals surface area contributed by atoms with Gasteiger partial charge in [0.15, 0.2) is 0 Å². The van der Waals surface area contributed by atoms with Crippen LogP contribution in [0, 0.1) is 0 Å². The molecular weight excluding hydrogens is 112 g/mol. The lowest BCUT2D eigenvalue weighted by atomic mass is 11.9. The van der Waals surface area contributed by atoms with Crippen molar-refractivity contribution in [1.82, 2.24) is 0 Å². The molecule has 0 aliphatic carbocycles. The summed E-state index contributed by atoms with van der Waals surface area (Å²) in [7, 11) is 1.49. The van der Waals surface area contributed by atoms with Gasteiger partial charge in [0.05, 0.1) is 0 Å². The van der Waals surface area contributed by atoms with E-state index in [2.05, 4.69) is 6.55 Å². The van der Waals surface area contributed by atoms with Gasteiger partial charge in [0.25, 0.3) is 0 Å². The molecule has 0 aromatic rings. The fourth-order valence-corrected chi connectivity index (χ4v) is 5.51. The number of rotatable bonds is 2. The van der Waals surface area contributed by atoms with Gasteiger partial charge >= 0.3 is 0 Å². The molecule has 5 heavy (non-hydrogen) atoms. The molecule has 0 aromatic carbocycles. The quantitative estimate of drug-likeness (QED) is 0.368. The first-order valence-electron chi connectivity index (χ1n) is 1.90. The molecule has 0 bridgehead atoms. The molecule has 32 valence electrons. The summed E-state index contributed by atoms with van der Waals surface area (Å²) in [6, 6.07) is 0. The van der Waals surface area contributed by atoms with E-state index in [9.17, 15) is 0 Å². The van der Waals surface area contributed by atoms with Crippen LogP contribution in [0.15, 0.2) is 0 Å². The lowest BCUT2D eigenvalue weighted by molar-refractivity contribution is 0.682. The predicted molar refractivity (Wildman–Crippen MR) is 34.0 cm³/mol. The van der Waals surface area contributed by atoms with E-state index in [4.69, 9.17) is 4.12 Å². The molecule has 0 saturated heterocycles.